The summed E-state index contributed by atoms with van der Waals surface area (Å²) >= 11 is 0. The molecule has 0 bridgehead atoms. The molecule has 0 amide bonds. The first-order valence-corrected chi connectivity index (χ1v) is 4.37. The van der Waals surface area contributed by atoms with E-state index in [1.807, 2.05) is 18.2 Å². The average Bonchev–Trinajstić information content (AvgIpc) is 2.21. The molecule has 1 aromatic rings. The molecule has 0 heterocycles. The molecular formula is C11H13NO. The largest absolute Gasteiger partial charge is 0.145 e. The molecular weight excluding hydrogens is 162 g/mol. The summed E-state index contributed by atoms with van der Waals surface area (Å²) in [7, 11) is 0. The van der Waals surface area contributed by atoms with Crippen LogP contribution >= 0.6 is 0 Å². The summed E-state index contributed by atoms with van der Waals surface area (Å²) in [5, 5.41) is 2.85. The highest BCUT2D eigenvalue weighted by Crippen LogP contribution is 2.22. The highest BCUT2D eigenvalue weighted by Gasteiger charge is 2.03. The number of benzene rings is 1. The zero-order chi connectivity index (χ0) is 9.68. The highest BCUT2D eigenvalue weighted by atomic mass is 16.3. The summed E-state index contributed by atoms with van der Waals surface area (Å²) in [6.45, 7) is 5.88. The van der Waals surface area contributed by atoms with Crippen molar-refractivity contribution in [2.45, 2.75) is 19.3 Å². The van der Waals surface area contributed by atoms with Crippen LogP contribution in [0.2, 0.25) is 0 Å². The summed E-state index contributed by atoms with van der Waals surface area (Å²) < 4.78 is 0. The Kier molecular flexibility index (Phi) is 3.38. The quantitative estimate of drug-likeness (QED) is 0.506. The summed E-state index contributed by atoms with van der Waals surface area (Å²) in [6.07, 6.45) is 2.95. The SMILES string of the molecule is C=CC(CC)c1ccc(N=O)cc1. The molecule has 1 unspecified atom stereocenters. The number of nitroso groups, excluding NO2 is 1. The summed E-state index contributed by atoms with van der Waals surface area (Å²) in [6, 6.07) is 7.31. The van der Waals surface area contributed by atoms with Crippen LogP contribution in [0.15, 0.2) is 42.1 Å². The molecule has 0 aliphatic heterocycles. The van der Waals surface area contributed by atoms with E-state index in [0.29, 0.717) is 11.6 Å². The fourth-order valence-electron chi connectivity index (χ4n) is 1.32. The maximum atomic E-state index is 10.2. The van der Waals surface area contributed by atoms with Crippen LogP contribution in [0.4, 0.5) is 5.69 Å². The maximum absolute atomic E-state index is 10.2. The lowest BCUT2D eigenvalue weighted by Crippen LogP contribution is -1.91. The molecule has 0 fully saturated rings. The van der Waals surface area contributed by atoms with Gasteiger partial charge in [0, 0.05) is 5.92 Å². The molecule has 0 spiro atoms. The molecule has 2 nitrogen and oxygen atoms in total. The molecule has 0 N–H and O–H groups in total. The van der Waals surface area contributed by atoms with E-state index in [2.05, 4.69) is 18.7 Å². The fourth-order valence-corrected chi connectivity index (χ4v) is 1.32. The molecule has 0 saturated carbocycles. The number of hydrogen-bond donors (Lipinski definition) is 0. The van der Waals surface area contributed by atoms with E-state index in [9.17, 15) is 4.91 Å². The van der Waals surface area contributed by atoms with Crippen LogP contribution in [-0.2, 0) is 0 Å². The lowest BCUT2D eigenvalue weighted by atomic mass is 9.97. The predicted octanol–water partition coefficient (Wildman–Crippen LogP) is 3.76. The van der Waals surface area contributed by atoms with Gasteiger partial charge in [0.15, 0.2) is 0 Å². The Hall–Kier alpha value is -1.44. The van der Waals surface area contributed by atoms with Gasteiger partial charge in [0.2, 0.25) is 0 Å². The standard InChI is InChI=1S/C11H13NO/c1-3-9(4-2)10-5-7-11(12-13)8-6-10/h3,5-9H,1,4H2,2H3. The van der Waals surface area contributed by atoms with E-state index in [-0.39, 0.29) is 0 Å². The molecule has 13 heavy (non-hydrogen) atoms. The van der Waals surface area contributed by atoms with E-state index < -0.39 is 0 Å². The van der Waals surface area contributed by atoms with Crippen LogP contribution in [0.3, 0.4) is 0 Å². The topological polar surface area (TPSA) is 29.4 Å². The Balaban J connectivity index is 2.89. The number of nitrogens with zero attached hydrogens (tertiary/aromatic N) is 1. The minimum atomic E-state index is 0.376. The van der Waals surface area contributed by atoms with Crippen LogP contribution in [0.25, 0.3) is 0 Å². The lowest BCUT2D eigenvalue weighted by Gasteiger charge is -2.08. The van der Waals surface area contributed by atoms with Crippen molar-refractivity contribution in [1.82, 2.24) is 0 Å². The Bertz CT molecular complexity index is 289. The normalized spacial score (nSPS) is 12.1. The Morgan fingerprint density at radius 3 is 2.46 bits per heavy atom. The molecule has 1 aromatic carbocycles. The first kappa shape index (κ1) is 9.65. The van der Waals surface area contributed by atoms with Gasteiger partial charge in [-0.05, 0) is 29.3 Å². The van der Waals surface area contributed by atoms with Gasteiger partial charge in [-0.3, -0.25) is 0 Å². The Morgan fingerprint density at radius 1 is 1.46 bits per heavy atom. The lowest BCUT2D eigenvalue weighted by molar-refractivity contribution is 0.807. The van der Waals surface area contributed by atoms with Crippen molar-refractivity contribution in [2.75, 3.05) is 0 Å². The van der Waals surface area contributed by atoms with Crippen LogP contribution in [0.1, 0.15) is 24.8 Å². The first-order chi connectivity index (χ1) is 6.31. The zero-order valence-electron chi connectivity index (χ0n) is 7.73. The van der Waals surface area contributed by atoms with Crippen molar-refractivity contribution < 1.29 is 0 Å². The van der Waals surface area contributed by atoms with E-state index in [4.69, 9.17) is 0 Å². The van der Waals surface area contributed by atoms with Gasteiger partial charge in [0.25, 0.3) is 0 Å². The molecule has 0 radical (unpaired) electrons. The van der Waals surface area contributed by atoms with Gasteiger partial charge in [-0.1, -0.05) is 25.1 Å². The van der Waals surface area contributed by atoms with Crippen molar-refractivity contribution in [2.24, 2.45) is 5.18 Å². The fraction of sp³-hybridized carbons (Fsp3) is 0.273. The summed E-state index contributed by atoms with van der Waals surface area (Å²) in [5.41, 5.74) is 1.66. The monoisotopic (exact) mass is 175 g/mol. The Morgan fingerprint density at radius 2 is 2.08 bits per heavy atom. The van der Waals surface area contributed by atoms with Crippen molar-refractivity contribution in [3.8, 4) is 0 Å². The van der Waals surface area contributed by atoms with Gasteiger partial charge in [0.1, 0.15) is 5.69 Å². The van der Waals surface area contributed by atoms with Crippen LogP contribution in [0, 0.1) is 4.91 Å². The summed E-state index contributed by atoms with van der Waals surface area (Å²) in [5.74, 6) is 0.376. The molecule has 1 rings (SSSR count). The maximum Gasteiger partial charge on any atom is 0.108 e. The van der Waals surface area contributed by atoms with Crippen LogP contribution < -0.4 is 0 Å². The van der Waals surface area contributed by atoms with Gasteiger partial charge in [-0.2, -0.15) is 0 Å². The van der Waals surface area contributed by atoms with E-state index in [1.54, 1.807) is 12.1 Å². The van der Waals surface area contributed by atoms with Crippen molar-refractivity contribution in [3.05, 3.63) is 47.4 Å². The minimum Gasteiger partial charge on any atom is -0.145 e. The van der Waals surface area contributed by atoms with E-state index >= 15 is 0 Å². The molecule has 0 aliphatic carbocycles. The van der Waals surface area contributed by atoms with Crippen LogP contribution in [0.5, 0.6) is 0 Å². The zero-order valence-corrected chi connectivity index (χ0v) is 7.73. The van der Waals surface area contributed by atoms with Gasteiger partial charge >= 0.3 is 0 Å². The molecule has 2 heteroatoms. The molecule has 0 saturated heterocycles. The summed E-state index contributed by atoms with van der Waals surface area (Å²) in [4.78, 5) is 10.2. The first-order valence-electron chi connectivity index (χ1n) is 4.37. The second-order valence-electron chi connectivity index (χ2n) is 2.93. The minimum absolute atomic E-state index is 0.376. The molecule has 68 valence electrons. The van der Waals surface area contributed by atoms with Crippen molar-refractivity contribution in [3.63, 3.8) is 0 Å². The van der Waals surface area contributed by atoms with Gasteiger partial charge in [-0.15, -0.1) is 11.5 Å². The molecule has 0 aliphatic rings. The molecule has 0 aromatic heterocycles. The van der Waals surface area contributed by atoms with E-state index in [0.717, 1.165) is 6.42 Å². The second-order valence-corrected chi connectivity index (χ2v) is 2.93. The predicted molar refractivity (Wildman–Crippen MR) is 55.1 cm³/mol. The molecule has 1 atom stereocenters. The smallest absolute Gasteiger partial charge is 0.108 e. The van der Waals surface area contributed by atoms with Crippen molar-refractivity contribution >= 4 is 5.69 Å². The van der Waals surface area contributed by atoms with Gasteiger partial charge in [0.05, 0.1) is 0 Å². The van der Waals surface area contributed by atoms with E-state index in [1.165, 1.54) is 5.56 Å². The third kappa shape index (κ3) is 2.25. The van der Waals surface area contributed by atoms with Gasteiger partial charge < -0.3 is 0 Å². The number of hydrogen-bond acceptors (Lipinski definition) is 2. The third-order valence-electron chi connectivity index (χ3n) is 2.15. The number of rotatable bonds is 4. The third-order valence-corrected chi connectivity index (χ3v) is 2.15. The average molecular weight is 175 g/mol. The van der Waals surface area contributed by atoms with Crippen LogP contribution in [-0.4, -0.2) is 0 Å². The highest BCUT2D eigenvalue weighted by molar-refractivity contribution is 5.40. The Labute approximate surface area is 78.3 Å². The van der Waals surface area contributed by atoms with Crippen molar-refractivity contribution in [1.29, 1.82) is 0 Å². The number of allylic oxidation sites excluding steroid dienone is 1. The van der Waals surface area contributed by atoms with Gasteiger partial charge in [-0.25, -0.2) is 0 Å². The second kappa shape index (κ2) is 4.55.